The highest BCUT2D eigenvalue weighted by Crippen LogP contribution is 2.27. The van der Waals surface area contributed by atoms with Crippen molar-refractivity contribution in [1.82, 2.24) is 14.7 Å². The number of carbonyl (C=O) groups excluding carboxylic acids is 2. The number of hydrogen-bond acceptors (Lipinski definition) is 5. The topological polar surface area (TPSA) is 102 Å². The number of amides is 3. The van der Waals surface area contributed by atoms with E-state index in [9.17, 15) is 9.59 Å². The maximum absolute atomic E-state index is 12.6. The number of benzene rings is 1. The van der Waals surface area contributed by atoms with E-state index in [0.717, 1.165) is 18.4 Å². The van der Waals surface area contributed by atoms with Gasteiger partial charge in [-0.2, -0.15) is 5.10 Å². The minimum atomic E-state index is -0.382. The van der Waals surface area contributed by atoms with Crippen LogP contribution >= 0.6 is 0 Å². The van der Waals surface area contributed by atoms with Gasteiger partial charge >= 0.3 is 6.03 Å². The summed E-state index contributed by atoms with van der Waals surface area (Å²) in [5.41, 5.74) is 1.42. The Bertz CT molecular complexity index is 1070. The fourth-order valence-electron chi connectivity index (χ4n) is 3.77. The molecule has 1 aliphatic rings. The summed E-state index contributed by atoms with van der Waals surface area (Å²) < 4.78 is 12.4. The Morgan fingerprint density at radius 1 is 1.13 bits per heavy atom. The van der Waals surface area contributed by atoms with Crippen molar-refractivity contribution < 1.29 is 18.7 Å². The fourth-order valence-corrected chi connectivity index (χ4v) is 3.77. The molecule has 4 rings (SSSR count). The molecular formula is C22H25N5O4. The maximum Gasteiger partial charge on any atom is 0.324 e. The van der Waals surface area contributed by atoms with Crippen LogP contribution in [0.25, 0.3) is 0 Å². The molecule has 162 valence electrons. The second-order valence-corrected chi connectivity index (χ2v) is 7.40. The van der Waals surface area contributed by atoms with Crippen LogP contribution in [0.3, 0.4) is 0 Å². The second kappa shape index (κ2) is 8.95. The predicted molar refractivity (Wildman–Crippen MR) is 115 cm³/mol. The van der Waals surface area contributed by atoms with Crippen LogP contribution in [0.4, 0.5) is 16.3 Å². The van der Waals surface area contributed by atoms with E-state index in [1.165, 1.54) is 6.26 Å². The molecule has 0 saturated carbocycles. The summed E-state index contributed by atoms with van der Waals surface area (Å²) in [6.45, 7) is 3.05. The molecule has 1 aliphatic heterocycles. The molecule has 0 bridgehead atoms. The van der Waals surface area contributed by atoms with Crippen LogP contribution in [0.2, 0.25) is 0 Å². The van der Waals surface area contributed by atoms with E-state index in [1.807, 2.05) is 23.7 Å². The third-order valence-electron chi connectivity index (χ3n) is 5.42. The van der Waals surface area contributed by atoms with Crippen LogP contribution in [-0.4, -0.2) is 46.8 Å². The molecule has 0 aliphatic carbocycles. The summed E-state index contributed by atoms with van der Waals surface area (Å²) in [7, 11) is 1.55. The van der Waals surface area contributed by atoms with Crippen LogP contribution in [0.15, 0.2) is 53.3 Å². The highest BCUT2D eigenvalue weighted by Gasteiger charge is 2.28. The summed E-state index contributed by atoms with van der Waals surface area (Å²) in [5, 5.41) is 10.0. The van der Waals surface area contributed by atoms with Gasteiger partial charge in [0.15, 0.2) is 5.76 Å². The number of urea groups is 1. The first-order valence-corrected chi connectivity index (χ1v) is 10.1. The van der Waals surface area contributed by atoms with Crippen LogP contribution in [0.1, 0.15) is 35.0 Å². The zero-order chi connectivity index (χ0) is 21.8. The summed E-state index contributed by atoms with van der Waals surface area (Å²) in [6, 6.07) is 10.4. The number of likely N-dealkylation sites (tertiary alicyclic amines) is 1. The van der Waals surface area contributed by atoms with Crippen LogP contribution in [0, 0.1) is 6.92 Å². The van der Waals surface area contributed by atoms with Gasteiger partial charge in [0.1, 0.15) is 11.6 Å². The van der Waals surface area contributed by atoms with Crippen molar-refractivity contribution in [3.8, 4) is 5.75 Å². The highest BCUT2D eigenvalue weighted by atomic mass is 16.5. The normalized spacial score (nSPS) is 14.3. The van der Waals surface area contributed by atoms with Crippen molar-refractivity contribution in [3.05, 3.63) is 60.2 Å². The summed E-state index contributed by atoms with van der Waals surface area (Å²) >= 11 is 0. The van der Waals surface area contributed by atoms with Gasteiger partial charge in [0.25, 0.3) is 5.91 Å². The van der Waals surface area contributed by atoms with E-state index in [2.05, 4.69) is 15.7 Å². The van der Waals surface area contributed by atoms with Gasteiger partial charge in [0.2, 0.25) is 0 Å². The molecular weight excluding hydrogens is 398 g/mol. The quantitative estimate of drug-likeness (QED) is 0.648. The SMILES string of the molecule is COc1ccccc1NC(=O)Nc1ccnn1C1CCN(C(=O)c2occc2C)CC1. The number of aryl methyl sites for hydroxylation is 1. The molecule has 3 amide bonds. The van der Waals surface area contributed by atoms with Crippen molar-refractivity contribution >= 4 is 23.4 Å². The molecule has 9 heteroatoms. The predicted octanol–water partition coefficient (Wildman–Crippen LogP) is 3.91. The first kappa shape index (κ1) is 20.5. The number of aromatic nitrogens is 2. The highest BCUT2D eigenvalue weighted by molar-refractivity contribution is 6.00. The average molecular weight is 423 g/mol. The van der Waals surface area contributed by atoms with E-state index in [0.29, 0.717) is 36.1 Å². The van der Waals surface area contributed by atoms with Gasteiger partial charge < -0.3 is 19.4 Å². The van der Waals surface area contributed by atoms with Gasteiger partial charge in [-0.25, -0.2) is 9.48 Å². The van der Waals surface area contributed by atoms with Gasteiger partial charge in [-0.3, -0.25) is 10.1 Å². The van der Waals surface area contributed by atoms with Crippen molar-refractivity contribution in [2.75, 3.05) is 30.8 Å². The molecule has 1 saturated heterocycles. The largest absolute Gasteiger partial charge is 0.495 e. The molecule has 1 fully saturated rings. The van der Waals surface area contributed by atoms with Crippen LogP contribution < -0.4 is 15.4 Å². The average Bonchev–Trinajstić information content (AvgIpc) is 3.42. The number of furan rings is 1. The van der Waals surface area contributed by atoms with Gasteiger partial charge in [0, 0.05) is 24.7 Å². The standard InChI is InChI=1S/C22H25N5O4/c1-15-10-14-31-20(15)21(28)26-12-8-16(9-13-26)27-19(7-11-23-27)25-22(29)24-17-5-3-4-6-18(17)30-2/h3-7,10-11,14,16H,8-9,12-13H2,1-2H3,(H2,24,25,29). The van der Waals surface area contributed by atoms with Crippen LogP contribution in [-0.2, 0) is 0 Å². The molecule has 0 spiro atoms. The number of methoxy groups -OCH3 is 1. The lowest BCUT2D eigenvalue weighted by Crippen LogP contribution is -2.39. The van der Waals surface area contributed by atoms with Crippen LogP contribution in [0.5, 0.6) is 5.75 Å². The van der Waals surface area contributed by atoms with Crippen molar-refractivity contribution in [2.24, 2.45) is 0 Å². The molecule has 0 atom stereocenters. The van der Waals surface area contributed by atoms with Gasteiger partial charge in [-0.05, 0) is 38.0 Å². The Kier molecular flexibility index (Phi) is 5.92. The van der Waals surface area contributed by atoms with E-state index in [4.69, 9.17) is 9.15 Å². The molecule has 2 aromatic heterocycles. The summed E-state index contributed by atoms with van der Waals surface area (Å²) in [5.74, 6) is 1.48. The Morgan fingerprint density at radius 2 is 1.90 bits per heavy atom. The molecule has 9 nitrogen and oxygen atoms in total. The maximum atomic E-state index is 12.6. The minimum Gasteiger partial charge on any atom is -0.495 e. The van der Waals surface area contributed by atoms with Crippen molar-refractivity contribution in [1.29, 1.82) is 0 Å². The minimum absolute atomic E-state index is 0.0818. The number of anilines is 2. The number of piperidine rings is 1. The molecule has 31 heavy (non-hydrogen) atoms. The fraction of sp³-hybridized carbons (Fsp3) is 0.318. The summed E-state index contributed by atoms with van der Waals surface area (Å²) in [4.78, 5) is 27.0. The molecule has 2 N–H and O–H groups in total. The monoisotopic (exact) mass is 423 g/mol. The van der Waals surface area contributed by atoms with E-state index >= 15 is 0 Å². The third kappa shape index (κ3) is 4.40. The lowest BCUT2D eigenvalue weighted by atomic mass is 10.0. The molecule has 1 aromatic carbocycles. The number of para-hydroxylation sites is 2. The van der Waals surface area contributed by atoms with Gasteiger partial charge in [-0.15, -0.1) is 0 Å². The Hall–Kier alpha value is -3.75. The number of nitrogens with zero attached hydrogens (tertiary/aromatic N) is 3. The smallest absolute Gasteiger partial charge is 0.324 e. The number of hydrogen-bond donors (Lipinski definition) is 2. The summed E-state index contributed by atoms with van der Waals surface area (Å²) in [6.07, 6.45) is 4.65. The number of rotatable bonds is 5. The third-order valence-corrected chi connectivity index (χ3v) is 5.42. The van der Waals surface area contributed by atoms with E-state index in [-0.39, 0.29) is 18.0 Å². The molecule has 0 unspecified atom stereocenters. The number of ether oxygens (including phenoxy) is 1. The van der Waals surface area contributed by atoms with E-state index in [1.54, 1.807) is 42.5 Å². The first-order valence-electron chi connectivity index (χ1n) is 10.1. The van der Waals surface area contributed by atoms with Crippen molar-refractivity contribution in [3.63, 3.8) is 0 Å². The zero-order valence-corrected chi connectivity index (χ0v) is 17.5. The molecule has 0 radical (unpaired) electrons. The first-order chi connectivity index (χ1) is 15.1. The lowest BCUT2D eigenvalue weighted by Gasteiger charge is -2.32. The Labute approximate surface area is 180 Å². The number of carbonyl (C=O) groups is 2. The van der Waals surface area contributed by atoms with Gasteiger partial charge in [-0.1, -0.05) is 12.1 Å². The molecule has 3 heterocycles. The Balaban J connectivity index is 1.37. The number of nitrogens with one attached hydrogen (secondary N) is 2. The second-order valence-electron chi connectivity index (χ2n) is 7.40. The molecule has 3 aromatic rings. The van der Waals surface area contributed by atoms with Gasteiger partial charge in [0.05, 0.1) is 31.3 Å². The van der Waals surface area contributed by atoms with Crippen molar-refractivity contribution in [2.45, 2.75) is 25.8 Å². The zero-order valence-electron chi connectivity index (χ0n) is 17.5. The Morgan fingerprint density at radius 3 is 2.61 bits per heavy atom. The lowest BCUT2D eigenvalue weighted by molar-refractivity contribution is 0.0658. The van der Waals surface area contributed by atoms with E-state index < -0.39 is 0 Å².